The molecule has 0 bridgehead atoms. The van der Waals surface area contributed by atoms with Gasteiger partial charge in [-0.2, -0.15) is 0 Å². The predicted molar refractivity (Wildman–Crippen MR) is 188 cm³/mol. The molecule has 10 nitrogen and oxygen atoms in total. The molecular weight excluding hydrogens is 621 g/mol. The molecule has 0 radical (unpaired) electrons. The Morgan fingerprint density at radius 3 is 1.46 bits per heavy atom. The van der Waals surface area contributed by atoms with Gasteiger partial charge in [0.2, 0.25) is 0 Å². The number of halogens is 2. The van der Waals surface area contributed by atoms with E-state index in [4.69, 9.17) is 27.9 Å². The number of hydrogen-bond donors (Lipinski definition) is 3. The lowest BCUT2D eigenvalue weighted by Crippen LogP contribution is -2.17. The number of imidazole rings is 3. The van der Waals surface area contributed by atoms with Gasteiger partial charge in [0.25, 0.3) is 0 Å². The molecule has 0 saturated carbocycles. The average Bonchev–Trinajstić information content (AvgIpc) is 3.88. The summed E-state index contributed by atoms with van der Waals surface area (Å²) in [5.41, 5.74) is 3.31. The standard InChI is InChI=1S/C12H15N3O.2C11H12ClN3/c1-15(9-12-13-6-7-14-12)10-4-3-5-11(8-10)16-2;1-15(8-11-13-6-7-14-11)10-4-2-9(12)3-5-10;1-15(8-11-13-5-6-14-11)10-4-2-3-9(12)7-10/h3-8H,9H2,1-2H3,(H,13,14);2*2-7H,8H2,1H3,(H,13,14). The van der Waals surface area contributed by atoms with Crippen LogP contribution in [0.4, 0.5) is 17.1 Å². The van der Waals surface area contributed by atoms with Gasteiger partial charge in [0.15, 0.2) is 0 Å². The second-order valence-corrected chi connectivity index (χ2v) is 11.2. The molecule has 3 aromatic heterocycles. The van der Waals surface area contributed by atoms with E-state index in [2.05, 4.69) is 44.6 Å². The van der Waals surface area contributed by atoms with Crippen molar-refractivity contribution in [1.29, 1.82) is 0 Å². The third kappa shape index (κ3) is 10.9. The lowest BCUT2D eigenvalue weighted by Gasteiger charge is -2.18. The van der Waals surface area contributed by atoms with Crippen LogP contribution in [-0.2, 0) is 19.6 Å². The Morgan fingerprint density at radius 1 is 0.565 bits per heavy atom. The van der Waals surface area contributed by atoms with E-state index < -0.39 is 0 Å². The number of benzene rings is 3. The number of hydrogen-bond acceptors (Lipinski definition) is 7. The molecule has 6 aromatic rings. The highest BCUT2D eigenvalue weighted by Gasteiger charge is 2.06. The number of anilines is 3. The molecule has 0 saturated heterocycles. The maximum atomic E-state index is 5.92. The van der Waals surface area contributed by atoms with Gasteiger partial charge >= 0.3 is 0 Å². The van der Waals surface area contributed by atoms with Crippen LogP contribution in [0.15, 0.2) is 110 Å². The van der Waals surface area contributed by atoms with E-state index >= 15 is 0 Å². The number of aromatic amines is 3. The Morgan fingerprint density at radius 2 is 1.02 bits per heavy atom. The van der Waals surface area contributed by atoms with Crippen LogP contribution in [0, 0.1) is 0 Å². The zero-order chi connectivity index (χ0) is 32.7. The fraction of sp³-hybridized carbons (Fsp3) is 0.206. The number of rotatable bonds is 10. The van der Waals surface area contributed by atoms with E-state index in [1.807, 2.05) is 113 Å². The Labute approximate surface area is 280 Å². The number of methoxy groups -OCH3 is 1. The van der Waals surface area contributed by atoms with Crippen molar-refractivity contribution in [2.45, 2.75) is 19.6 Å². The van der Waals surface area contributed by atoms with Crippen LogP contribution in [0.25, 0.3) is 0 Å². The van der Waals surface area contributed by atoms with E-state index in [0.29, 0.717) is 0 Å². The number of nitrogens with one attached hydrogen (secondary N) is 3. The number of ether oxygens (including phenoxy) is 1. The summed E-state index contributed by atoms with van der Waals surface area (Å²) in [6.45, 7) is 2.25. The third-order valence-electron chi connectivity index (χ3n) is 6.84. The SMILES string of the molecule is CN(Cc1ncc[nH]1)c1ccc(Cl)cc1.CN(Cc1ncc[nH]1)c1cccc(Cl)c1.COc1cccc(N(C)Cc2ncc[nH]2)c1. The number of aromatic nitrogens is 6. The molecule has 0 atom stereocenters. The van der Waals surface area contributed by atoms with Gasteiger partial charge in [-0.05, 0) is 54.6 Å². The fourth-order valence-corrected chi connectivity index (χ4v) is 4.67. The summed E-state index contributed by atoms with van der Waals surface area (Å²) < 4.78 is 5.19. The first kappa shape index (κ1) is 34.0. The molecule has 0 unspecified atom stereocenters. The monoisotopic (exact) mass is 659 g/mol. The van der Waals surface area contributed by atoms with E-state index in [-0.39, 0.29) is 0 Å². The van der Waals surface area contributed by atoms with E-state index in [9.17, 15) is 0 Å². The Balaban J connectivity index is 0.000000157. The van der Waals surface area contributed by atoms with Crippen molar-refractivity contribution in [2.24, 2.45) is 0 Å². The van der Waals surface area contributed by atoms with Gasteiger partial charge in [-0.15, -0.1) is 0 Å². The largest absolute Gasteiger partial charge is 0.497 e. The van der Waals surface area contributed by atoms with Crippen LogP contribution < -0.4 is 19.4 Å². The van der Waals surface area contributed by atoms with Gasteiger partial charge in [0, 0.05) is 91.5 Å². The predicted octanol–water partition coefficient (Wildman–Crippen LogP) is 7.45. The van der Waals surface area contributed by atoms with Crippen LogP contribution in [-0.4, -0.2) is 58.2 Å². The van der Waals surface area contributed by atoms with Gasteiger partial charge < -0.3 is 34.4 Å². The van der Waals surface area contributed by atoms with Crippen molar-refractivity contribution in [3.63, 3.8) is 0 Å². The minimum atomic E-state index is 0.743. The van der Waals surface area contributed by atoms with Gasteiger partial charge in [0.05, 0.1) is 26.7 Å². The lowest BCUT2D eigenvalue weighted by atomic mass is 10.3. The van der Waals surface area contributed by atoms with Gasteiger partial charge in [0.1, 0.15) is 23.2 Å². The molecule has 0 spiro atoms. The van der Waals surface area contributed by atoms with Crippen molar-refractivity contribution < 1.29 is 4.74 Å². The highest BCUT2D eigenvalue weighted by atomic mass is 35.5. The van der Waals surface area contributed by atoms with Crippen molar-refractivity contribution in [2.75, 3.05) is 43.0 Å². The number of nitrogens with zero attached hydrogens (tertiary/aromatic N) is 6. The minimum absolute atomic E-state index is 0.743. The molecule has 0 aliphatic rings. The van der Waals surface area contributed by atoms with Gasteiger partial charge in [-0.3, -0.25) is 0 Å². The molecule has 0 fully saturated rings. The molecular formula is C34H39Cl2N9O. The van der Waals surface area contributed by atoms with E-state index in [0.717, 1.165) is 70.0 Å². The third-order valence-corrected chi connectivity index (χ3v) is 7.32. The van der Waals surface area contributed by atoms with Crippen LogP contribution in [0.2, 0.25) is 10.0 Å². The molecule has 0 aliphatic carbocycles. The highest BCUT2D eigenvalue weighted by Crippen LogP contribution is 2.21. The lowest BCUT2D eigenvalue weighted by molar-refractivity contribution is 0.415. The Hall–Kier alpha value is -4.93. The van der Waals surface area contributed by atoms with Crippen molar-refractivity contribution in [1.82, 2.24) is 29.9 Å². The van der Waals surface area contributed by atoms with E-state index in [1.54, 1.807) is 25.7 Å². The van der Waals surface area contributed by atoms with Gasteiger partial charge in [-0.25, -0.2) is 15.0 Å². The van der Waals surface area contributed by atoms with Gasteiger partial charge in [-0.1, -0.05) is 35.3 Å². The second-order valence-electron chi connectivity index (χ2n) is 10.3. The van der Waals surface area contributed by atoms with Crippen LogP contribution in [0.1, 0.15) is 17.5 Å². The fourth-order valence-electron chi connectivity index (χ4n) is 4.36. The second kappa shape index (κ2) is 17.5. The normalized spacial score (nSPS) is 10.2. The summed E-state index contributed by atoms with van der Waals surface area (Å²) >= 11 is 11.7. The van der Waals surface area contributed by atoms with Crippen molar-refractivity contribution in [3.8, 4) is 5.75 Å². The van der Waals surface area contributed by atoms with Crippen LogP contribution >= 0.6 is 23.2 Å². The molecule has 12 heteroatoms. The molecule has 0 aliphatic heterocycles. The maximum Gasteiger partial charge on any atom is 0.125 e. The summed E-state index contributed by atoms with van der Waals surface area (Å²) in [6, 6.07) is 23.5. The summed E-state index contributed by atoms with van der Waals surface area (Å²) in [4.78, 5) is 28.1. The number of H-pyrrole nitrogens is 3. The molecule has 3 heterocycles. The first-order valence-corrected chi connectivity index (χ1v) is 15.3. The quantitative estimate of drug-likeness (QED) is 0.140. The molecule has 0 amide bonds. The van der Waals surface area contributed by atoms with Crippen molar-refractivity contribution in [3.05, 3.63) is 137 Å². The first-order chi connectivity index (χ1) is 22.3. The zero-order valence-corrected chi connectivity index (χ0v) is 27.9. The average molecular weight is 661 g/mol. The topological polar surface area (TPSA) is 105 Å². The van der Waals surface area contributed by atoms with Crippen molar-refractivity contribution >= 4 is 40.3 Å². The minimum Gasteiger partial charge on any atom is -0.497 e. The van der Waals surface area contributed by atoms with E-state index in [1.165, 1.54) is 0 Å². The molecule has 3 aromatic carbocycles. The molecule has 46 heavy (non-hydrogen) atoms. The molecule has 6 rings (SSSR count). The highest BCUT2D eigenvalue weighted by molar-refractivity contribution is 6.31. The zero-order valence-electron chi connectivity index (χ0n) is 26.4. The first-order valence-electron chi connectivity index (χ1n) is 14.5. The van der Waals surface area contributed by atoms with Crippen LogP contribution in [0.5, 0.6) is 5.75 Å². The smallest absolute Gasteiger partial charge is 0.125 e. The summed E-state index contributed by atoms with van der Waals surface area (Å²) in [5, 5.41) is 1.50. The Kier molecular flexibility index (Phi) is 12.9. The molecule has 3 N–H and O–H groups in total. The summed E-state index contributed by atoms with van der Waals surface area (Å²) in [7, 11) is 7.73. The van der Waals surface area contributed by atoms with Crippen LogP contribution in [0.3, 0.4) is 0 Å². The maximum absolute atomic E-state index is 5.92. The summed E-state index contributed by atoms with van der Waals surface area (Å²) in [5.74, 6) is 3.71. The molecule has 240 valence electrons. The Bertz CT molecular complexity index is 1680. The summed E-state index contributed by atoms with van der Waals surface area (Å²) in [6.07, 6.45) is 10.7.